The van der Waals surface area contributed by atoms with Crippen LogP contribution in [-0.4, -0.2) is 38.2 Å². The Kier molecular flexibility index (Phi) is 5.74. The predicted molar refractivity (Wildman–Crippen MR) is 89.1 cm³/mol. The van der Waals surface area contributed by atoms with Crippen LogP contribution in [0.2, 0.25) is 0 Å². The lowest BCUT2D eigenvalue weighted by atomic mass is 10.1. The molecular weight excluding hydrogens is 294 g/mol. The van der Waals surface area contributed by atoms with Crippen molar-refractivity contribution in [2.24, 2.45) is 5.92 Å². The highest BCUT2D eigenvalue weighted by molar-refractivity contribution is 5.77. The first-order valence-corrected chi connectivity index (χ1v) is 8.08. The van der Waals surface area contributed by atoms with E-state index in [0.29, 0.717) is 42.2 Å². The number of rotatable bonds is 8. The molecule has 0 unspecified atom stereocenters. The fourth-order valence-corrected chi connectivity index (χ4v) is 2.70. The number of benzene rings is 1. The Hall–Kier alpha value is -1.91. The van der Waals surface area contributed by atoms with E-state index in [4.69, 9.17) is 14.2 Å². The van der Waals surface area contributed by atoms with E-state index < -0.39 is 0 Å². The van der Waals surface area contributed by atoms with Crippen LogP contribution < -0.4 is 14.2 Å². The molecule has 0 bridgehead atoms. The van der Waals surface area contributed by atoms with Crippen LogP contribution in [0.3, 0.4) is 0 Å². The van der Waals surface area contributed by atoms with Gasteiger partial charge in [-0.1, -0.05) is 13.8 Å². The first-order valence-electron chi connectivity index (χ1n) is 8.08. The predicted octanol–water partition coefficient (Wildman–Crippen LogP) is 3.25. The molecule has 0 heterocycles. The molecule has 0 N–H and O–H groups in total. The first kappa shape index (κ1) is 17.4. The summed E-state index contributed by atoms with van der Waals surface area (Å²) in [5, 5.41) is 0. The summed E-state index contributed by atoms with van der Waals surface area (Å²) in [5.74, 6) is 2.40. The van der Waals surface area contributed by atoms with E-state index in [1.807, 2.05) is 17.0 Å². The molecule has 0 saturated heterocycles. The molecule has 0 atom stereocenters. The lowest BCUT2D eigenvalue weighted by Crippen LogP contribution is -2.33. The first-order chi connectivity index (χ1) is 11.0. The molecule has 1 aliphatic carbocycles. The number of hydrogen-bond donors (Lipinski definition) is 0. The molecule has 23 heavy (non-hydrogen) atoms. The normalized spacial score (nSPS) is 13.8. The Morgan fingerprint density at radius 2 is 1.70 bits per heavy atom. The topological polar surface area (TPSA) is 48.0 Å². The molecule has 5 nitrogen and oxygen atoms in total. The number of carbonyl (C=O) groups is 1. The second kappa shape index (κ2) is 7.57. The van der Waals surface area contributed by atoms with Gasteiger partial charge in [0.1, 0.15) is 0 Å². The summed E-state index contributed by atoms with van der Waals surface area (Å²) in [4.78, 5) is 14.5. The van der Waals surface area contributed by atoms with Crippen LogP contribution >= 0.6 is 0 Å². The van der Waals surface area contributed by atoms with Gasteiger partial charge in [-0.25, -0.2) is 0 Å². The van der Waals surface area contributed by atoms with E-state index in [1.54, 1.807) is 21.3 Å². The van der Waals surface area contributed by atoms with Gasteiger partial charge in [-0.3, -0.25) is 4.79 Å². The lowest BCUT2D eigenvalue weighted by molar-refractivity contribution is -0.133. The molecule has 1 aromatic rings. The molecule has 128 valence electrons. The molecule has 1 amide bonds. The van der Waals surface area contributed by atoms with Gasteiger partial charge in [-0.05, 0) is 36.5 Å². The Labute approximate surface area is 138 Å². The Balaban J connectivity index is 2.24. The van der Waals surface area contributed by atoms with Crippen molar-refractivity contribution in [1.82, 2.24) is 4.90 Å². The van der Waals surface area contributed by atoms with Gasteiger partial charge in [0.25, 0.3) is 0 Å². The van der Waals surface area contributed by atoms with E-state index >= 15 is 0 Å². The molecule has 1 aliphatic rings. The van der Waals surface area contributed by atoms with Gasteiger partial charge < -0.3 is 19.1 Å². The van der Waals surface area contributed by atoms with Crippen molar-refractivity contribution in [3.05, 3.63) is 17.7 Å². The van der Waals surface area contributed by atoms with E-state index in [2.05, 4.69) is 13.8 Å². The maximum Gasteiger partial charge on any atom is 0.223 e. The molecular formula is C18H27NO4. The Bertz CT molecular complexity index is 527. The van der Waals surface area contributed by atoms with Crippen molar-refractivity contribution in [3.63, 3.8) is 0 Å². The summed E-state index contributed by atoms with van der Waals surface area (Å²) in [6.45, 7) is 4.72. The molecule has 2 rings (SSSR count). The number of amides is 1. The quantitative estimate of drug-likeness (QED) is 0.737. The summed E-state index contributed by atoms with van der Waals surface area (Å²) in [7, 11) is 4.79. The lowest BCUT2D eigenvalue weighted by Gasteiger charge is -2.24. The minimum Gasteiger partial charge on any atom is -0.493 e. The standard InChI is InChI=1S/C18H27NO4/c1-12(2)8-17(20)19(14-6-7-14)11-13-9-15(21-3)18(23-5)16(10-13)22-4/h9-10,12,14H,6-8,11H2,1-5H3. The fraction of sp³-hybridized carbons (Fsp3) is 0.611. The highest BCUT2D eigenvalue weighted by atomic mass is 16.5. The third-order valence-electron chi connectivity index (χ3n) is 3.97. The highest BCUT2D eigenvalue weighted by Gasteiger charge is 2.32. The van der Waals surface area contributed by atoms with Crippen molar-refractivity contribution < 1.29 is 19.0 Å². The zero-order valence-corrected chi connectivity index (χ0v) is 14.7. The van der Waals surface area contributed by atoms with Gasteiger partial charge in [-0.15, -0.1) is 0 Å². The van der Waals surface area contributed by atoms with Crippen LogP contribution in [0.4, 0.5) is 0 Å². The van der Waals surface area contributed by atoms with Crippen molar-refractivity contribution >= 4 is 5.91 Å². The van der Waals surface area contributed by atoms with Crippen LogP contribution in [0.1, 0.15) is 38.7 Å². The van der Waals surface area contributed by atoms with Crippen molar-refractivity contribution in [1.29, 1.82) is 0 Å². The molecule has 1 fully saturated rings. The van der Waals surface area contributed by atoms with Gasteiger partial charge in [-0.2, -0.15) is 0 Å². The number of nitrogens with zero attached hydrogens (tertiary/aromatic N) is 1. The summed E-state index contributed by atoms with van der Waals surface area (Å²) in [5.41, 5.74) is 0.989. The summed E-state index contributed by atoms with van der Waals surface area (Å²) in [6, 6.07) is 4.21. The average molecular weight is 321 g/mol. The summed E-state index contributed by atoms with van der Waals surface area (Å²) >= 11 is 0. The molecule has 1 aromatic carbocycles. The average Bonchev–Trinajstić information content (AvgIpc) is 3.35. The maximum absolute atomic E-state index is 12.5. The largest absolute Gasteiger partial charge is 0.493 e. The molecule has 5 heteroatoms. The van der Waals surface area contributed by atoms with Gasteiger partial charge in [0.15, 0.2) is 11.5 Å². The van der Waals surface area contributed by atoms with Crippen molar-refractivity contribution in [3.8, 4) is 17.2 Å². The number of hydrogen-bond acceptors (Lipinski definition) is 4. The van der Waals surface area contributed by atoms with E-state index in [0.717, 1.165) is 18.4 Å². The van der Waals surface area contributed by atoms with Crippen LogP contribution in [0.25, 0.3) is 0 Å². The number of methoxy groups -OCH3 is 3. The second-order valence-electron chi connectivity index (χ2n) is 6.38. The number of ether oxygens (including phenoxy) is 3. The molecule has 0 aliphatic heterocycles. The van der Waals surface area contributed by atoms with Crippen LogP contribution in [0, 0.1) is 5.92 Å². The van der Waals surface area contributed by atoms with Crippen LogP contribution in [-0.2, 0) is 11.3 Å². The van der Waals surface area contributed by atoms with Crippen molar-refractivity contribution in [2.45, 2.75) is 45.7 Å². The van der Waals surface area contributed by atoms with E-state index in [1.165, 1.54) is 0 Å². The maximum atomic E-state index is 12.5. The molecule has 0 aromatic heterocycles. The van der Waals surface area contributed by atoms with Crippen molar-refractivity contribution in [2.75, 3.05) is 21.3 Å². The Morgan fingerprint density at radius 3 is 2.09 bits per heavy atom. The second-order valence-corrected chi connectivity index (χ2v) is 6.38. The Morgan fingerprint density at radius 1 is 1.13 bits per heavy atom. The zero-order chi connectivity index (χ0) is 17.0. The smallest absolute Gasteiger partial charge is 0.223 e. The van der Waals surface area contributed by atoms with Crippen LogP contribution in [0.5, 0.6) is 17.2 Å². The molecule has 1 saturated carbocycles. The van der Waals surface area contributed by atoms with Crippen LogP contribution in [0.15, 0.2) is 12.1 Å². The zero-order valence-electron chi connectivity index (χ0n) is 14.7. The minimum absolute atomic E-state index is 0.219. The van der Waals surface area contributed by atoms with Gasteiger partial charge in [0.2, 0.25) is 11.7 Å². The summed E-state index contributed by atoms with van der Waals surface area (Å²) in [6.07, 6.45) is 2.77. The molecule has 0 spiro atoms. The van der Waals surface area contributed by atoms with Gasteiger partial charge >= 0.3 is 0 Å². The molecule has 0 radical (unpaired) electrons. The van der Waals surface area contributed by atoms with Gasteiger partial charge in [0.05, 0.1) is 21.3 Å². The minimum atomic E-state index is 0.219. The SMILES string of the molecule is COc1cc(CN(C(=O)CC(C)C)C2CC2)cc(OC)c1OC. The third kappa shape index (κ3) is 4.30. The van der Waals surface area contributed by atoms with E-state index in [9.17, 15) is 4.79 Å². The monoisotopic (exact) mass is 321 g/mol. The van der Waals surface area contributed by atoms with Gasteiger partial charge in [0, 0.05) is 19.0 Å². The summed E-state index contributed by atoms with van der Waals surface area (Å²) < 4.78 is 16.1. The fourth-order valence-electron chi connectivity index (χ4n) is 2.70. The third-order valence-corrected chi connectivity index (χ3v) is 3.97. The van der Waals surface area contributed by atoms with E-state index in [-0.39, 0.29) is 5.91 Å². The highest BCUT2D eigenvalue weighted by Crippen LogP contribution is 2.39. The number of carbonyl (C=O) groups excluding carboxylic acids is 1.